The van der Waals surface area contributed by atoms with Crippen LogP contribution in [-0.4, -0.2) is 67.6 Å². The minimum Gasteiger partial charge on any atom is -0.368 e. The van der Waals surface area contributed by atoms with Gasteiger partial charge in [0.1, 0.15) is 5.54 Å². The van der Waals surface area contributed by atoms with Crippen LogP contribution in [0.2, 0.25) is 0 Å². The van der Waals surface area contributed by atoms with E-state index in [0.29, 0.717) is 12.0 Å². The molecule has 1 amide bonds. The van der Waals surface area contributed by atoms with Gasteiger partial charge < -0.3 is 16.0 Å². The second-order valence-electron chi connectivity index (χ2n) is 6.51. The van der Waals surface area contributed by atoms with Crippen LogP contribution in [0.3, 0.4) is 0 Å². The lowest BCUT2D eigenvalue weighted by Gasteiger charge is -2.39. The predicted octanol–water partition coefficient (Wildman–Crippen LogP) is 0.256. The van der Waals surface area contributed by atoms with E-state index in [1.54, 1.807) is 0 Å². The number of carbonyl (C=O) groups is 1. The highest BCUT2D eigenvalue weighted by molar-refractivity contribution is 5.86. The maximum atomic E-state index is 12.1. The number of likely N-dealkylation sites (N-methyl/N-ethyl adjacent to an activating group) is 2. The first-order valence-electron chi connectivity index (χ1n) is 7.95. The van der Waals surface area contributed by atoms with E-state index in [1.807, 2.05) is 7.05 Å². The molecule has 3 N–H and O–H groups in total. The van der Waals surface area contributed by atoms with E-state index < -0.39 is 5.54 Å². The molecule has 0 aromatic heterocycles. The number of nitrogens with two attached hydrogens (primary N) is 1. The standard InChI is InChI=1S/C15H30N4O/c1-4-13-10-18(3)8-5-9-19(13)11-15(17-2,14(16)20)12-6-7-12/h12-13,17H,4-11H2,1-3H3,(H2,16,20). The fourth-order valence-electron chi connectivity index (χ4n) is 3.60. The van der Waals surface area contributed by atoms with Crippen molar-refractivity contribution in [3.8, 4) is 0 Å². The third kappa shape index (κ3) is 3.15. The summed E-state index contributed by atoms with van der Waals surface area (Å²) in [6.07, 6.45) is 4.52. The molecule has 2 fully saturated rings. The second kappa shape index (κ2) is 6.41. The second-order valence-corrected chi connectivity index (χ2v) is 6.51. The largest absolute Gasteiger partial charge is 0.368 e. The molecule has 0 aromatic carbocycles. The van der Waals surface area contributed by atoms with Crippen LogP contribution < -0.4 is 11.1 Å². The van der Waals surface area contributed by atoms with E-state index in [-0.39, 0.29) is 5.91 Å². The Hall–Kier alpha value is -0.650. The van der Waals surface area contributed by atoms with Crippen molar-refractivity contribution in [3.05, 3.63) is 0 Å². The monoisotopic (exact) mass is 282 g/mol. The van der Waals surface area contributed by atoms with Crippen molar-refractivity contribution in [1.82, 2.24) is 15.1 Å². The van der Waals surface area contributed by atoms with Crippen molar-refractivity contribution in [1.29, 1.82) is 0 Å². The number of nitrogens with zero attached hydrogens (tertiary/aromatic N) is 2. The molecule has 5 heteroatoms. The van der Waals surface area contributed by atoms with Gasteiger partial charge in [-0.05, 0) is 58.8 Å². The SMILES string of the molecule is CCC1CN(C)CCCN1CC(NC)(C(N)=O)C1CC1. The Kier molecular flexibility index (Phi) is 5.04. The Morgan fingerprint density at radius 3 is 2.60 bits per heavy atom. The van der Waals surface area contributed by atoms with Gasteiger partial charge >= 0.3 is 0 Å². The Morgan fingerprint density at radius 1 is 1.40 bits per heavy atom. The maximum Gasteiger partial charge on any atom is 0.239 e. The first-order chi connectivity index (χ1) is 9.53. The summed E-state index contributed by atoms with van der Waals surface area (Å²) in [6, 6.07) is 0.522. The predicted molar refractivity (Wildman–Crippen MR) is 81.5 cm³/mol. The summed E-state index contributed by atoms with van der Waals surface area (Å²) < 4.78 is 0. The van der Waals surface area contributed by atoms with Crippen molar-refractivity contribution in [3.63, 3.8) is 0 Å². The van der Waals surface area contributed by atoms with Gasteiger partial charge in [-0.2, -0.15) is 0 Å². The molecule has 20 heavy (non-hydrogen) atoms. The van der Waals surface area contributed by atoms with Crippen LogP contribution in [0.25, 0.3) is 0 Å². The Bertz CT molecular complexity index is 345. The summed E-state index contributed by atoms with van der Waals surface area (Å²) in [6.45, 7) is 6.28. The first kappa shape index (κ1) is 15.7. The van der Waals surface area contributed by atoms with E-state index in [2.05, 4.69) is 29.1 Å². The van der Waals surface area contributed by atoms with Gasteiger partial charge in [-0.15, -0.1) is 0 Å². The van der Waals surface area contributed by atoms with Crippen LogP contribution in [-0.2, 0) is 4.79 Å². The van der Waals surface area contributed by atoms with Crippen LogP contribution >= 0.6 is 0 Å². The van der Waals surface area contributed by atoms with Crippen molar-refractivity contribution < 1.29 is 4.79 Å². The van der Waals surface area contributed by atoms with Gasteiger partial charge in [0.15, 0.2) is 0 Å². The van der Waals surface area contributed by atoms with Gasteiger partial charge in [0.25, 0.3) is 0 Å². The van der Waals surface area contributed by atoms with Gasteiger partial charge in [0.2, 0.25) is 5.91 Å². The molecule has 116 valence electrons. The van der Waals surface area contributed by atoms with E-state index in [0.717, 1.165) is 51.9 Å². The summed E-state index contributed by atoms with van der Waals surface area (Å²) in [5, 5.41) is 3.27. The normalized spacial score (nSPS) is 28.9. The lowest BCUT2D eigenvalue weighted by molar-refractivity contribution is -0.126. The molecule has 5 nitrogen and oxygen atoms in total. The molecule has 0 spiro atoms. The van der Waals surface area contributed by atoms with Crippen molar-refractivity contribution in [2.45, 2.75) is 44.2 Å². The Balaban J connectivity index is 2.13. The van der Waals surface area contributed by atoms with Gasteiger partial charge in [0, 0.05) is 19.1 Å². The topological polar surface area (TPSA) is 61.6 Å². The zero-order chi connectivity index (χ0) is 14.8. The van der Waals surface area contributed by atoms with Crippen LogP contribution in [0.1, 0.15) is 32.6 Å². The highest BCUT2D eigenvalue weighted by Crippen LogP contribution is 2.40. The molecule has 0 bridgehead atoms. The lowest BCUT2D eigenvalue weighted by Crippen LogP contribution is -2.63. The highest BCUT2D eigenvalue weighted by Gasteiger charge is 2.50. The third-order valence-corrected chi connectivity index (χ3v) is 5.11. The van der Waals surface area contributed by atoms with Crippen LogP contribution in [0.15, 0.2) is 0 Å². The molecule has 0 aromatic rings. The molecule has 2 unspecified atom stereocenters. The fraction of sp³-hybridized carbons (Fsp3) is 0.933. The molecule has 2 rings (SSSR count). The molecule has 0 radical (unpaired) electrons. The molecular weight excluding hydrogens is 252 g/mol. The van der Waals surface area contributed by atoms with E-state index in [9.17, 15) is 4.79 Å². The van der Waals surface area contributed by atoms with Crippen LogP contribution in [0.5, 0.6) is 0 Å². The van der Waals surface area contributed by atoms with Gasteiger partial charge in [-0.25, -0.2) is 0 Å². The van der Waals surface area contributed by atoms with Crippen LogP contribution in [0, 0.1) is 5.92 Å². The van der Waals surface area contributed by atoms with Gasteiger partial charge in [-0.3, -0.25) is 9.69 Å². The van der Waals surface area contributed by atoms with Crippen molar-refractivity contribution in [2.75, 3.05) is 40.3 Å². The average Bonchev–Trinajstić information content (AvgIpc) is 3.24. The summed E-state index contributed by atoms with van der Waals surface area (Å²) >= 11 is 0. The minimum absolute atomic E-state index is 0.185. The lowest BCUT2D eigenvalue weighted by atomic mass is 9.90. The summed E-state index contributed by atoms with van der Waals surface area (Å²) in [7, 11) is 4.07. The molecular formula is C15H30N4O. The number of hydrogen-bond donors (Lipinski definition) is 2. The number of hydrogen-bond acceptors (Lipinski definition) is 4. The van der Waals surface area contributed by atoms with Crippen LogP contribution in [0.4, 0.5) is 0 Å². The summed E-state index contributed by atoms with van der Waals surface area (Å²) in [5.41, 5.74) is 5.22. The summed E-state index contributed by atoms with van der Waals surface area (Å²) in [4.78, 5) is 17.0. The maximum absolute atomic E-state index is 12.1. The molecule has 2 atom stereocenters. The molecule has 2 aliphatic rings. The first-order valence-corrected chi connectivity index (χ1v) is 7.95. The average molecular weight is 282 g/mol. The molecule has 1 heterocycles. The summed E-state index contributed by atoms with van der Waals surface area (Å²) in [5.74, 6) is 0.235. The van der Waals surface area contributed by atoms with Crippen molar-refractivity contribution in [2.24, 2.45) is 11.7 Å². The number of rotatable bonds is 6. The zero-order valence-electron chi connectivity index (χ0n) is 13.2. The molecule has 1 aliphatic carbocycles. The Labute approximate surface area is 122 Å². The number of primary amides is 1. The highest BCUT2D eigenvalue weighted by atomic mass is 16.1. The molecule has 1 saturated heterocycles. The fourth-order valence-corrected chi connectivity index (χ4v) is 3.60. The minimum atomic E-state index is -0.531. The number of amides is 1. The number of nitrogens with one attached hydrogen (secondary N) is 1. The smallest absolute Gasteiger partial charge is 0.239 e. The van der Waals surface area contributed by atoms with Gasteiger partial charge in [0.05, 0.1) is 0 Å². The van der Waals surface area contributed by atoms with E-state index in [4.69, 9.17) is 5.73 Å². The van der Waals surface area contributed by atoms with Crippen molar-refractivity contribution >= 4 is 5.91 Å². The quantitative estimate of drug-likeness (QED) is 0.733. The Morgan fingerprint density at radius 2 is 2.10 bits per heavy atom. The zero-order valence-corrected chi connectivity index (χ0v) is 13.2. The van der Waals surface area contributed by atoms with E-state index >= 15 is 0 Å². The van der Waals surface area contributed by atoms with E-state index in [1.165, 1.54) is 0 Å². The molecule has 1 aliphatic heterocycles. The molecule has 1 saturated carbocycles. The van der Waals surface area contributed by atoms with Gasteiger partial charge in [-0.1, -0.05) is 6.92 Å². The third-order valence-electron chi connectivity index (χ3n) is 5.11. The number of carbonyl (C=O) groups excluding carboxylic acids is 1.